The lowest BCUT2D eigenvalue weighted by Gasteiger charge is -2.09. The summed E-state index contributed by atoms with van der Waals surface area (Å²) in [6.07, 6.45) is 0. The predicted octanol–water partition coefficient (Wildman–Crippen LogP) is 1.66. The number of carbonyl (C=O) groups excluding carboxylic acids is 1. The molecule has 86 valence electrons. The molecule has 0 aliphatic heterocycles. The third-order valence-corrected chi connectivity index (χ3v) is 2.68. The largest absolute Gasteiger partial charge is 0.478 e. The van der Waals surface area contributed by atoms with Crippen molar-refractivity contribution < 1.29 is 23.8 Å². The molecule has 5 nitrogen and oxygen atoms in total. The van der Waals surface area contributed by atoms with E-state index < -0.39 is 28.9 Å². The zero-order valence-corrected chi connectivity index (χ0v) is 9.67. The first kappa shape index (κ1) is 12.4. The molecule has 1 aromatic rings. The van der Waals surface area contributed by atoms with Gasteiger partial charge in [0.15, 0.2) is 0 Å². The van der Waals surface area contributed by atoms with E-state index >= 15 is 0 Å². The molecule has 0 saturated heterocycles. The Morgan fingerprint density at radius 2 is 2.12 bits per heavy atom. The van der Waals surface area contributed by atoms with E-state index in [0.29, 0.717) is 0 Å². The maximum Gasteiger partial charge on any atom is 0.338 e. The summed E-state index contributed by atoms with van der Waals surface area (Å²) in [7, 11) is 1.06. The molecule has 3 N–H and O–H groups in total. The fourth-order valence-corrected chi connectivity index (χ4v) is 1.46. The van der Waals surface area contributed by atoms with Crippen molar-refractivity contribution in [3.63, 3.8) is 0 Å². The summed E-state index contributed by atoms with van der Waals surface area (Å²) in [5.74, 6) is -3.22. The number of halogens is 2. The van der Waals surface area contributed by atoms with Gasteiger partial charge in [0.1, 0.15) is 5.82 Å². The van der Waals surface area contributed by atoms with Crippen molar-refractivity contribution in [1.82, 2.24) is 0 Å². The number of aromatic carboxylic acids is 1. The number of anilines is 1. The first-order valence-corrected chi connectivity index (χ1v) is 4.78. The van der Waals surface area contributed by atoms with Crippen molar-refractivity contribution in [1.29, 1.82) is 0 Å². The quantitative estimate of drug-likeness (QED) is 0.639. The van der Waals surface area contributed by atoms with Crippen LogP contribution in [0.25, 0.3) is 0 Å². The normalized spacial score (nSPS) is 9.94. The number of hydrogen-bond acceptors (Lipinski definition) is 4. The number of nitrogen functional groups attached to an aromatic ring is 1. The average Bonchev–Trinajstić information content (AvgIpc) is 2.23. The summed E-state index contributed by atoms with van der Waals surface area (Å²) in [6.45, 7) is 0. The molecule has 0 unspecified atom stereocenters. The van der Waals surface area contributed by atoms with E-state index in [1.165, 1.54) is 0 Å². The lowest BCUT2D eigenvalue weighted by molar-refractivity contribution is 0.0582. The summed E-state index contributed by atoms with van der Waals surface area (Å²) >= 11 is 2.79. The van der Waals surface area contributed by atoms with Crippen LogP contribution in [-0.4, -0.2) is 24.2 Å². The standard InChI is InChI=1S/C9H7BrFNO4/c1-16-9(15)3-2-4(11)6(10)7(12)5(3)8(13)14/h2H,12H2,1H3,(H,13,14). The van der Waals surface area contributed by atoms with Crippen LogP contribution < -0.4 is 5.73 Å². The molecule has 1 aromatic carbocycles. The molecule has 0 bridgehead atoms. The molecule has 0 aromatic heterocycles. The second-order valence-electron chi connectivity index (χ2n) is 2.81. The summed E-state index contributed by atoms with van der Waals surface area (Å²) in [6, 6.07) is 0.760. The SMILES string of the molecule is COC(=O)c1cc(F)c(Br)c(N)c1C(=O)O. The third-order valence-electron chi connectivity index (χ3n) is 1.88. The van der Waals surface area contributed by atoms with Crippen molar-refractivity contribution in [2.75, 3.05) is 12.8 Å². The lowest BCUT2D eigenvalue weighted by Crippen LogP contribution is -2.14. The predicted molar refractivity (Wildman–Crippen MR) is 56.8 cm³/mol. The van der Waals surface area contributed by atoms with Gasteiger partial charge in [-0.25, -0.2) is 14.0 Å². The number of carboxylic acid groups (broad SMARTS) is 1. The average molecular weight is 292 g/mol. The highest BCUT2D eigenvalue weighted by atomic mass is 79.9. The van der Waals surface area contributed by atoms with E-state index in [1.807, 2.05) is 0 Å². The van der Waals surface area contributed by atoms with Crippen molar-refractivity contribution in [2.24, 2.45) is 0 Å². The minimum atomic E-state index is -1.43. The van der Waals surface area contributed by atoms with E-state index in [2.05, 4.69) is 20.7 Å². The molecule has 16 heavy (non-hydrogen) atoms. The molecule has 0 spiro atoms. The molecule has 0 fully saturated rings. The number of esters is 1. The molecule has 0 aliphatic carbocycles. The molecule has 1 rings (SSSR count). The third kappa shape index (κ3) is 1.99. The first-order valence-electron chi connectivity index (χ1n) is 3.99. The maximum absolute atomic E-state index is 13.3. The van der Waals surface area contributed by atoms with Crippen LogP contribution in [0.5, 0.6) is 0 Å². The minimum Gasteiger partial charge on any atom is -0.478 e. The van der Waals surface area contributed by atoms with Crippen molar-refractivity contribution >= 4 is 33.6 Å². The number of carbonyl (C=O) groups is 2. The number of methoxy groups -OCH3 is 1. The number of carboxylic acids is 1. The van der Waals surface area contributed by atoms with Gasteiger partial charge in [-0.2, -0.15) is 0 Å². The molecule has 0 aliphatic rings. The number of hydrogen-bond donors (Lipinski definition) is 2. The van der Waals surface area contributed by atoms with Crippen LogP contribution in [0, 0.1) is 5.82 Å². The van der Waals surface area contributed by atoms with Crippen molar-refractivity contribution in [2.45, 2.75) is 0 Å². The van der Waals surface area contributed by atoms with Gasteiger partial charge in [0, 0.05) is 0 Å². The summed E-state index contributed by atoms with van der Waals surface area (Å²) in [5, 5.41) is 8.88. The van der Waals surface area contributed by atoms with E-state index in [4.69, 9.17) is 10.8 Å². The smallest absolute Gasteiger partial charge is 0.338 e. The summed E-state index contributed by atoms with van der Waals surface area (Å²) in [4.78, 5) is 22.1. The van der Waals surface area contributed by atoms with Crippen LogP contribution in [0.4, 0.5) is 10.1 Å². The van der Waals surface area contributed by atoms with Gasteiger partial charge in [-0.1, -0.05) is 0 Å². The highest BCUT2D eigenvalue weighted by Gasteiger charge is 2.24. The van der Waals surface area contributed by atoms with Gasteiger partial charge in [0.25, 0.3) is 0 Å². The van der Waals surface area contributed by atoms with Crippen LogP contribution in [0.15, 0.2) is 10.5 Å². The lowest BCUT2D eigenvalue weighted by atomic mass is 10.1. The molecule has 0 amide bonds. The number of nitrogens with two attached hydrogens (primary N) is 1. The van der Waals surface area contributed by atoms with E-state index in [1.54, 1.807) is 0 Å². The Morgan fingerprint density at radius 3 is 2.56 bits per heavy atom. The van der Waals surface area contributed by atoms with E-state index in [-0.39, 0.29) is 10.2 Å². The monoisotopic (exact) mass is 291 g/mol. The van der Waals surface area contributed by atoms with Gasteiger partial charge in [0.05, 0.1) is 28.4 Å². The van der Waals surface area contributed by atoms with Gasteiger partial charge in [-0.3, -0.25) is 0 Å². The summed E-state index contributed by atoms with van der Waals surface area (Å²) < 4.78 is 17.4. The Balaban J connectivity index is 3.60. The van der Waals surface area contributed by atoms with Gasteiger partial charge < -0.3 is 15.6 Å². The Hall–Kier alpha value is -1.63. The minimum absolute atomic E-state index is 0.197. The number of rotatable bonds is 2. The zero-order chi connectivity index (χ0) is 12.5. The summed E-state index contributed by atoms with van der Waals surface area (Å²) in [5.41, 5.74) is 4.14. The topological polar surface area (TPSA) is 89.6 Å². The van der Waals surface area contributed by atoms with Crippen LogP contribution in [0.2, 0.25) is 0 Å². The van der Waals surface area contributed by atoms with Gasteiger partial charge in [0.2, 0.25) is 0 Å². The highest BCUT2D eigenvalue weighted by Crippen LogP contribution is 2.30. The molecular weight excluding hydrogens is 285 g/mol. The van der Waals surface area contributed by atoms with Gasteiger partial charge in [-0.15, -0.1) is 0 Å². The second-order valence-corrected chi connectivity index (χ2v) is 3.60. The Bertz CT molecular complexity index is 475. The Kier molecular flexibility index (Phi) is 3.48. The first-order chi connectivity index (χ1) is 7.40. The van der Waals surface area contributed by atoms with Crippen LogP contribution in [0.1, 0.15) is 20.7 Å². The molecule has 0 atom stereocenters. The number of ether oxygens (including phenoxy) is 1. The molecule has 0 heterocycles. The van der Waals surface area contributed by atoms with E-state index in [9.17, 15) is 14.0 Å². The van der Waals surface area contributed by atoms with Crippen molar-refractivity contribution in [3.05, 3.63) is 27.5 Å². The fourth-order valence-electron chi connectivity index (χ4n) is 1.15. The molecule has 7 heteroatoms. The van der Waals surface area contributed by atoms with Crippen molar-refractivity contribution in [3.8, 4) is 0 Å². The Labute approximate surface area is 98.1 Å². The molecule has 0 radical (unpaired) electrons. The fraction of sp³-hybridized carbons (Fsp3) is 0.111. The van der Waals surface area contributed by atoms with Crippen LogP contribution >= 0.6 is 15.9 Å². The molecule has 0 saturated carbocycles. The number of benzene rings is 1. The van der Waals surface area contributed by atoms with Gasteiger partial charge in [-0.05, 0) is 22.0 Å². The zero-order valence-electron chi connectivity index (χ0n) is 8.08. The van der Waals surface area contributed by atoms with E-state index in [0.717, 1.165) is 13.2 Å². The van der Waals surface area contributed by atoms with Crippen LogP contribution in [0.3, 0.4) is 0 Å². The van der Waals surface area contributed by atoms with Gasteiger partial charge >= 0.3 is 11.9 Å². The highest BCUT2D eigenvalue weighted by molar-refractivity contribution is 9.10. The molecular formula is C9H7BrFNO4. The van der Waals surface area contributed by atoms with Crippen LogP contribution in [-0.2, 0) is 4.74 Å². The Morgan fingerprint density at radius 1 is 1.56 bits per heavy atom. The second kappa shape index (κ2) is 4.48. The maximum atomic E-state index is 13.3.